The summed E-state index contributed by atoms with van der Waals surface area (Å²) in [7, 11) is 0. The smallest absolute Gasteiger partial charge is 0.338 e. The summed E-state index contributed by atoms with van der Waals surface area (Å²) < 4.78 is 23.3. The van der Waals surface area contributed by atoms with Gasteiger partial charge in [-0.15, -0.1) is 0 Å². The third-order valence-electron chi connectivity index (χ3n) is 2.92. The normalized spacial score (nSPS) is 10.1. The summed E-state index contributed by atoms with van der Waals surface area (Å²) in [5, 5.41) is 2.44. The molecule has 0 aromatic heterocycles. The molecule has 24 heavy (non-hydrogen) atoms. The molecular weight excluding hydrogens is 337 g/mol. The van der Waals surface area contributed by atoms with Crippen molar-refractivity contribution in [1.29, 1.82) is 0 Å². The standard InChI is InChI=1S/C17H15ClFNO4/c1-2-23-17(22)11-4-3-5-13(8-11)24-10-16(21)20-12-6-7-15(19)14(18)9-12/h3-9H,2,10H2,1H3,(H,20,21). The summed E-state index contributed by atoms with van der Waals surface area (Å²) in [5.41, 5.74) is 0.690. The average Bonchev–Trinajstić information content (AvgIpc) is 2.57. The van der Waals surface area contributed by atoms with Gasteiger partial charge in [-0.3, -0.25) is 4.79 Å². The molecule has 0 saturated carbocycles. The molecule has 0 aliphatic rings. The highest BCUT2D eigenvalue weighted by Crippen LogP contribution is 2.19. The topological polar surface area (TPSA) is 64.6 Å². The molecule has 0 saturated heterocycles. The van der Waals surface area contributed by atoms with Gasteiger partial charge in [-0.05, 0) is 43.3 Å². The van der Waals surface area contributed by atoms with E-state index in [2.05, 4.69) is 5.32 Å². The third kappa shape index (κ3) is 4.96. The molecule has 0 atom stereocenters. The number of anilines is 1. The molecule has 0 heterocycles. The van der Waals surface area contributed by atoms with Gasteiger partial charge in [0.1, 0.15) is 11.6 Å². The molecule has 2 aromatic carbocycles. The lowest BCUT2D eigenvalue weighted by Gasteiger charge is -2.09. The van der Waals surface area contributed by atoms with Crippen molar-refractivity contribution >= 4 is 29.2 Å². The number of esters is 1. The lowest BCUT2D eigenvalue weighted by molar-refractivity contribution is -0.118. The first kappa shape index (κ1) is 17.7. The van der Waals surface area contributed by atoms with Gasteiger partial charge in [0.05, 0.1) is 17.2 Å². The van der Waals surface area contributed by atoms with E-state index in [1.54, 1.807) is 25.1 Å². The summed E-state index contributed by atoms with van der Waals surface area (Å²) >= 11 is 5.64. The Bertz CT molecular complexity index is 751. The Labute approximate surface area is 143 Å². The van der Waals surface area contributed by atoms with Crippen molar-refractivity contribution in [2.75, 3.05) is 18.5 Å². The number of halogens is 2. The fourth-order valence-corrected chi connectivity index (χ4v) is 2.03. The van der Waals surface area contributed by atoms with Crippen LogP contribution >= 0.6 is 11.6 Å². The predicted molar refractivity (Wildman–Crippen MR) is 87.9 cm³/mol. The largest absolute Gasteiger partial charge is 0.484 e. The average molecular weight is 352 g/mol. The van der Waals surface area contributed by atoms with Gasteiger partial charge >= 0.3 is 5.97 Å². The van der Waals surface area contributed by atoms with E-state index >= 15 is 0 Å². The van der Waals surface area contributed by atoms with E-state index < -0.39 is 17.7 Å². The molecule has 0 unspecified atom stereocenters. The van der Waals surface area contributed by atoms with Crippen LogP contribution in [0, 0.1) is 5.82 Å². The number of rotatable bonds is 6. The highest BCUT2D eigenvalue weighted by atomic mass is 35.5. The Hall–Kier alpha value is -2.60. The van der Waals surface area contributed by atoms with Crippen LogP contribution < -0.4 is 10.1 Å². The number of hydrogen-bond donors (Lipinski definition) is 1. The van der Waals surface area contributed by atoms with Gasteiger partial charge in [0.25, 0.3) is 5.91 Å². The molecule has 7 heteroatoms. The molecule has 0 aliphatic carbocycles. The van der Waals surface area contributed by atoms with E-state index in [0.717, 1.165) is 6.07 Å². The van der Waals surface area contributed by atoms with Crippen molar-refractivity contribution in [2.45, 2.75) is 6.92 Å². The summed E-state index contributed by atoms with van der Waals surface area (Å²) in [6, 6.07) is 10.2. The minimum atomic E-state index is -0.568. The molecular formula is C17H15ClFNO4. The molecule has 1 N–H and O–H groups in total. The quantitative estimate of drug-likeness (QED) is 0.806. The number of amides is 1. The maximum atomic E-state index is 13.1. The number of benzene rings is 2. The van der Waals surface area contributed by atoms with Crippen LogP contribution in [0.2, 0.25) is 5.02 Å². The minimum Gasteiger partial charge on any atom is -0.484 e. The number of ether oxygens (including phenoxy) is 2. The van der Waals surface area contributed by atoms with Gasteiger partial charge in [-0.25, -0.2) is 9.18 Å². The van der Waals surface area contributed by atoms with Gasteiger partial charge in [-0.1, -0.05) is 17.7 Å². The molecule has 2 aromatic rings. The first-order chi connectivity index (χ1) is 11.5. The van der Waals surface area contributed by atoms with Crippen LogP contribution in [0.25, 0.3) is 0 Å². The Morgan fingerprint density at radius 2 is 2.00 bits per heavy atom. The number of carbonyl (C=O) groups is 2. The van der Waals surface area contributed by atoms with Gasteiger partial charge in [0, 0.05) is 5.69 Å². The Balaban J connectivity index is 1.92. The predicted octanol–water partition coefficient (Wildman–Crippen LogP) is 3.67. The van der Waals surface area contributed by atoms with Crippen molar-refractivity contribution < 1.29 is 23.5 Å². The first-order valence-corrected chi connectivity index (χ1v) is 7.52. The van der Waals surface area contributed by atoms with Gasteiger partial charge in [-0.2, -0.15) is 0 Å². The molecule has 0 spiro atoms. The maximum absolute atomic E-state index is 13.1. The van der Waals surface area contributed by atoms with Crippen LogP contribution in [0.3, 0.4) is 0 Å². The lowest BCUT2D eigenvalue weighted by Crippen LogP contribution is -2.20. The summed E-state index contributed by atoms with van der Waals surface area (Å²) in [6.45, 7) is 1.71. The second kappa shape index (κ2) is 8.31. The van der Waals surface area contributed by atoms with Crippen LogP contribution in [0.5, 0.6) is 5.75 Å². The third-order valence-corrected chi connectivity index (χ3v) is 3.21. The number of nitrogens with one attached hydrogen (secondary N) is 1. The summed E-state index contributed by atoms with van der Waals surface area (Å²) in [4.78, 5) is 23.5. The molecule has 0 aliphatic heterocycles. The molecule has 1 amide bonds. The second-order valence-electron chi connectivity index (χ2n) is 4.71. The Kier molecular flexibility index (Phi) is 6.14. The minimum absolute atomic E-state index is 0.0872. The van der Waals surface area contributed by atoms with E-state index in [0.29, 0.717) is 17.0 Å². The Morgan fingerprint density at radius 3 is 2.71 bits per heavy atom. The van der Waals surface area contributed by atoms with Crippen LogP contribution in [-0.2, 0) is 9.53 Å². The fourth-order valence-electron chi connectivity index (χ4n) is 1.85. The Morgan fingerprint density at radius 1 is 1.21 bits per heavy atom. The van der Waals surface area contributed by atoms with Crippen molar-refractivity contribution in [2.24, 2.45) is 0 Å². The molecule has 0 bridgehead atoms. The highest BCUT2D eigenvalue weighted by molar-refractivity contribution is 6.31. The zero-order valence-electron chi connectivity index (χ0n) is 12.8. The van der Waals surface area contributed by atoms with E-state index in [1.165, 1.54) is 18.2 Å². The molecule has 2 rings (SSSR count). The zero-order valence-corrected chi connectivity index (χ0v) is 13.6. The van der Waals surface area contributed by atoms with E-state index in [-0.39, 0.29) is 18.2 Å². The highest BCUT2D eigenvalue weighted by Gasteiger charge is 2.09. The van der Waals surface area contributed by atoms with Crippen molar-refractivity contribution in [1.82, 2.24) is 0 Å². The van der Waals surface area contributed by atoms with Gasteiger partial charge in [0.15, 0.2) is 6.61 Å². The lowest BCUT2D eigenvalue weighted by atomic mass is 10.2. The molecule has 0 radical (unpaired) electrons. The van der Waals surface area contributed by atoms with Crippen molar-refractivity contribution in [3.05, 3.63) is 58.9 Å². The summed E-state index contributed by atoms with van der Waals surface area (Å²) in [5.74, 6) is -1.12. The van der Waals surface area contributed by atoms with E-state index in [4.69, 9.17) is 21.1 Å². The number of carbonyl (C=O) groups excluding carboxylic acids is 2. The van der Waals surface area contributed by atoms with Crippen molar-refractivity contribution in [3.8, 4) is 5.75 Å². The molecule has 5 nitrogen and oxygen atoms in total. The molecule has 0 fully saturated rings. The maximum Gasteiger partial charge on any atom is 0.338 e. The fraction of sp³-hybridized carbons (Fsp3) is 0.176. The molecule has 126 valence electrons. The second-order valence-corrected chi connectivity index (χ2v) is 5.12. The van der Waals surface area contributed by atoms with Crippen LogP contribution in [0.4, 0.5) is 10.1 Å². The summed E-state index contributed by atoms with van der Waals surface area (Å²) in [6.07, 6.45) is 0. The van der Waals surface area contributed by atoms with Gasteiger partial charge < -0.3 is 14.8 Å². The van der Waals surface area contributed by atoms with Crippen LogP contribution in [-0.4, -0.2) is 25.1 Å². The van der Waals surface area contributed by atoms with Gasteiger partial charge in [0.2, 0.25) is 0 Å². The van der Waals surface area contributed by atoms with E-state index in [1.807, 2.05) is 0 Å². The van der Waals surface area contributed by atoms with Crippen molar-refractivity contribution in [3.63, 3.8) is 0 Å². The van der Waals surface area contributed by atoms with E-state index in [9.17, 15) is 14.0 Å². The van der Waals surface area contributed by atoms with Crippen LogP contribution in [0.15, 0.2) is 42.5 Å². The van der Waals surface area contributed by atoms with Crippen LogP contribution in [0.1, 0.15) is 17.3 Å². The first-order valence-electron chi connectivity index (χ1n) is 7.14. The SMILES string of the molecule is CCOC(=O)c1cccc(OCC(=O)Nc2ccc(F)c(Cl)c2)c1. The number of hydrogen-bond acceptors (Lipinski definition) is 4. The monoisotopic (exact) mass is 351 g/mol. The zero-order chi connectivity index (χ0) is 17.5.